The molecule has 1 atom stereocenters. The number of hydrogen-bond donors (Lipinski definition) is 0. The van der Waals surface area contributed by atoms with E-state index in [1.54, 1.807) is 25.1 Å². The Morgan fingerprint density at radius 1 is 1.00 bits per heavy atom. The molecule has 27 heavy (non-hydrogen) atoms. The summed E-state index contributed by atoms with van der Waals surface area (Å²) in [5.74, 6) is -5.06. The summed E-state index contributed by atoms with van der Waals surface area (Å²) in [7, 11) is 1.11. The molecule has 0 radical (unpaired) electrons. The maximum absolute atomic E-state index is 13.0. The average Bonchev–Trinajstić information content (AvgIpc) is 2.65. The minimum atomic E-state index is -2.36. The first-order chi connectivity index (χ1) is 12.8. The van der Waals surface area contributed by atoms with E-state index in [1.165, 1.54) is 12.1 Å². The SMILES string of the molecule is CCCC(OC(=O)C=CC(=O)OC)(C(=O)OC(C)=O)C(=O)c1ccccc1. The first-order valence-electron chi connectivity index (χ1n) is 8.08. The molecule has 8 nitrogen and oxygen atoms in total. The number of hydrogen-bond acceptors (Lipinski definition) is 8. The van der Waals surface area contributed by atoms with Gasteiger partial charge in [0.1, 0.15) is 0 Å². The van der Waals surface area contributed by atoms with E-state index >= 15 is 0 Å². The number of benzene rings is 1. The Labute approximate surface area is 156 Å². The van der Waals surface area contributed by atoms with Gasteiger partial charge >= 0.3 is 23.9 Å². The van der Waals surface area contributed by atoms with E-state index in [1.807, 2.05) is 0 Å². The molecule has 8 heteroatoms. The van der Waals surface area contributed by atoms with Gasteiger partial charge in [0.2, 0.25) is 5.78 Å². The van der Waals surface area contributed by atoms with Crippen LogP contribution in [0.25, 0.3) is 0 Å². The lowest BCUT2D eigenvalue weighted by Gasteiger charge is -2.28. The zero-order valence-electron chi connectivity index (χ0n) is 15.2. The number of ether oxygens (including phenoxy) is 3. The number of methoxy groups -OCH3 is 1. The van der Waals surface area contributed by atoms with Crippen molar-refractivity contribution in [3.8, 4) is 0 Å². The lowest BCUT2D eigenvalue weighted by atomic mass is 9.88. The lowest BCUT2D eigenvalue weighted by Crippen LogP contribution is -2.51. The van der Waals surface area contributed by atoms with E-state index in [9.17, 15) is 24.0 Å². The molecule has 0 saturated heterocycles. The van der Waals surface area contributed by atoms with Crippen LogP contribution in [0.3, 0.4) is 0 Å². The van der Waals surface area contributed by atoms with Crippen LogP contribution in [0.1, 0.15) is 37.0 Å². The van der Waals surface area contributed by atoms with Crippen LogP contribution in [-0.4, -0.2) is 42.4 Å². The summed E-state index contributed by atoms with van der Waals surface area (Å²) in [4.78, 5) is 60.0. The number of Topliss-reactive ketones (excluding diaryl/α,β-unsaturated/α-hetero) is 1. The number of carbonyl (C=O) groups excluding carboxylic acids is 5. The van der Waals surface area contributed by atoms with Crippen molar-refractivity contribution in [1.29, 1.82) is 0 Å². The van der Waals surface area contributed by atoms with Gasteiger partial charge < -0.3 is 14.2 Å². The fraction of sp³-hybridized carbons (Fsp3) is 0.316. The standard InChI is InChI=1S/C19H20O8/c1-4-12-19(18(24)26-13(2)20,17(23)14-8-6-5-7-9-14)27-16(22)11-10-15(21)25-3/h5-11H,4,12H2,1-3H3. The predicted octanol–water partition coefficient (Wildman–Crippen LogP) is 1.77. The number of esters is 4. The maximum atomic E-state index is 13.0. The largest absolute Gasteiger partial charge is 0.466 e. The molecule has 0 N–H and O–H groups in total. The molecular weight excluding hydrogens is 356 g/mol. The summed E-state index contributed by atoms with van der Waals surface area (Å²) in [5, 5.41) is 0. The van der Waals surface area contributed by atoms with Crippen molar-refractivity contribution in [1.82, 2.24) is 0 Å². The molecule has 144 valence electrons. The third-order valence-electron chi connectivity index (χ3n) is 3.40. The van der Waals surface area contributed by atoms with Crippen molar-refractivity contribution in [2.24, 2.45) is 0 Å². The first kappa shape index (κ1) is 21.8. The molecular formula is C19H20O8. The lowest BCUT2D eigenvalue weighted by molar-refractivity contribution is -0.179. The molecule has 1 unspecified atom stereocenters. The second kappa shape index (κ2) is 10.0. The van der Waals surface area contributed by atoms with Crippen molar-refractivity contribution in [3.63, 3.8) is 0 Å². The molecule has 0 aromatic heterocycles. The molecule has 0 bridgehead atoms. The van der Waals surface area contributed by atoms with Gasteiger partial charge in [-0.3, -0.25) is 9.59 Å². The predicted molar refractivity (Wildman–Crippen MR) is 92.4 cm³/mol. The highest BCUT2D eigenvalue weighted by Crippen LogP contribution is 2.27. The normalized spacial score (nSPS) is 12.7. The van der Waals surface area contributed by atoms with Crippen LogP contribution in [-0.2, 0) is 33.4 Å². The summed E-state index contributed by atoms with van der Waals surface area (Å²) < 4.78 is 14.1. The number of ketones is 1. The topological polar surface area (TPSA) is 113 Å². The summed E-state index contributed by atoms with van der Waals surface area (Å²) in [6, 6.07) is 7.67. The van der Waals surface area contributed by atoms with Gasteiger partial charge in [-0.05, 0) is 0 Å². The van der Waals surface area contributed by atoms with E-state index in [-0.39, 0.29) is 18.4 Å². The maximum Gasteiger partial charge on any atom is 0.366 e. The zero-order chi connectivity index (χ0) is 20.4. The van der Waals surface area contributed by atoms with Crippen molar-refractivity contribution >= 4 is 29.7 Å². The fourth-order valence-electron chi connectivity index (χ4n) is 2.24. The Morgan fingerprint density at radius 2 is 1.59 bits per heavy atom. The van der Waals surface area contributed by atoms with E-state index < -0.39 is 35.3 Å². The molecule has 1 aromatic rings. The molecule has 0 fully saturated rings. The van der Waals surface area contributed by atoms with Gasteiger partial charge in [0.05, 0.1) is 7.11 Å². The van der Waals surface area contributed by atoms with Crippen LogP contribution < -0.4 is 0 Å². The third kappa shape index (κ3) is 5.88. The average molecular weight is 376 g/mol. The monoisotopic (exact) mass is 376 g/mol. The summed E-state index contributed by atoms with van der Waals surface area (Å²) in [6.45, 7) is 2.65. The summed E-state index contributed by atoms with van der Waals surface area (Å²) in [5.41, 5.74) is -2.27. The van der Waals surface area contributed by atoms with E-state index in [0.717, 1.165) is 26.2 Å². The van der Waals surface area contributed by atoms with Gasteiger partial charge in [0, 0.05) is 31.1 Å². The molecule has 0 aliphatic carbocycles. The molecule has 0 heterocycles. The molecule has 1 aromatic carbocycles. The van der Waals surface area contributed by atoms with E-state index in [0.29, 0.717) is 0 Å². The Morgan fingerprint density at radius 3 is 2.11 bits per heavy atom. The zero-order valence-corrected chi connectivity index (χ0v) is 15.2. The fourth-order valence-corrected chi connectivity index (χ4v) is 2.24. The Hall–Kier alpha value is -3.29. The van der Waals surface area contributed by atoms with Gasteiger partial charge in [-0.2, -0.15) is 0 Å². The highest BCUT2D eigenvalue weighted by atomic mass is 16.6. The number of carbonyl (C=O) groups is 5. The van der Waals surface area contributed by atoms with E-state index in [4.69, 9.17) is 4.74 Å². The van der Waals surface area contributed by atoms with Crippen LogP contribution in [0.2, 0.25) is 0 Å². The first-order valence-corrected chi connectivity index (χ1v) is 8.08. The van der Waals surface area contributed by atoms with Gasteiger partial charge in [0.15, 0.2) is 0 Å². The van der Waals surface area contributed by atoms with Crippen molar-refractivity contribution in [2.75, 3.05) is 7.11 Å². The Bertz CT molecular complexity index is 750. The minimum Gasteiger partial charge on any atom is -0.466 e. The number of rotatable bonds is 8. The summed E-state index contributed by atoms with van der Waals surface area (Å²) in [6.07, 6.45) is 1.54. The van der Waals surface area contributed by atoms with Gasteiger partial charge in [0.25, 0.3) is 5.60 Å². The van der Waals surface area contributed by atoms with Gasteiger partial charge in [-0.1, -0.05) is 43.7 Å². The van der Waals surface area contributed by atoms with Crippen molar-refractivity contribution < 1.29 is 38.2 Å². The van der Waals surface area contributed by atoms with Crippen LogP contribution in [0.5, 0.6) is 0 Å². The molecule has 0 amide bonds. The molecule has 0 aliphatic heterocycles. The second-order valence-corrected chi connectivity index (χ2v) is 5.43. The Kier molecular flexibility index (Phi) is 8.06. The quantitative estimate of drug-likeness (QED) is 0.222. The van der Waals surface area contributed by atoms with Gasteiger partial charge in [-0.25, -0.2) is 14.4 Å². The van der Waals surface area contributed by atoms with E-state index in [2.05, 4.69) is 9.47 Å². The second-order valence-electron chi connectivity index (χ2n) is 5.43. The van der Waals surface area contributed by atoms with Gasteiger partial charge in [-0.15, -0.1) is 0 Å². The minimum absolute atomic E-state index is 0.0937. The van der Waals surface area contributed by atoms with Crippen LogP contribution in [0.15, 0.2) is 42.5 Å². The third-order valence-corrected chi connectivity index (χ3v) is 3.40. The van der Waals surface area contributed by atoms with Crippen molar-refractivity contribution in [2.45, 2.75) is 32.3 Å². The molecule has 0 aliphatic rings. The van der Waals surface area contributed by atoms with Crippen LogP contribution in [0.4, 0.5) is 0 Å². The van der Waals surface area contributed by atoms with Crippen LogP contribution >= 0.6 is 0 Å². The smallest absolute Gasteiger partial charge is 0.366 e. The molecule has 1 rings (SSSR count). The summed E-state index contributed by atoms with van der Waals surface area (Å²) >= 11 is 0. The van der Waals surface area contributed by atoms with Crippen LogP contribution in [0, 0.1) is 0 Å². The highest BCUT2D eigenvalue weighted by Gasteiger charge is 2.51. The highest BCUT2D eigenvalue weighted by molar-refractivity contribution is 6.18. The molecule has 0 saturated carbocycles. The Balaban J connectivity index is 3.34. The van der Waals surface area contributed by atoms with Crippen molar-refractivity contribution in [3.05, 3.63) is 48.0 Å². The molecule has 0 spiro atoms.